The molecule has 19 nitrogen and oxygen atoms in total. The van der Waals surface area contributed by atoms with E-state index in [9.17, 15) is 24.3 Å². The molecule has 3 amide bonds. The summed E-state index contributed by atoms with van der Waals surface area (Å²) in [4.78, 5) is 50.1. The predicted molar refractivity (Wildman–Crippen MR) is 268 cm³/mol. The lowest BCUT2D eigenvalue weighted by atomic mass is 9.82. The molecule has 394 valence electrons. The van der Waals surface area contributed by atoms with Crippen molar-refractivity contribution in [1.29, 1.82) is 0 Å². The van der Waals surface area contributed by atoms with E-state index in [0.29, 0.717) is 107 Å². The average Bonchev–Trinajstić information content (AvgIpc) is 4.12. The first-order chi connectivity index (χ1) is 34.7. The number of halogens is 1. The molecule has 1 saturated carbocycles. The number of benzene rings is 3. The molecule has 5 rings (SSSR count). The number of ether oxygens (including phenoxy) is 5. The quantitative estimate of drug-likeness (QED) is 0.0355. The molecule has 0 unspecified atom stereocenters. The third-order valence-electron chi connectivity index (χ3n) is 12.0. The van der Waals surface area contributed by atoms with Gasteiger partial charge in [-0.15, -0.1) is 5.10 Å². The van der Waals surface area contributed by atoms with Crippen LogP contribution in [-0.2, 0) is 59.6 Å². The third-order valence-corrected chi connectivity index (χ3v) is 12.0. The molecule has 1 aromatic heterocycles. The summed E-state index contributed by atoms with van der Waals surface area (Å²) in [6.07, 6.45) is 5.04. The largest absolute Gasteiger partial charge is 0.497 e. The molecule has 20 heteroatoms. The second kappa shape index (κ2) is 30.1. The van der Waals surface area contributed by atoms with Gasteiger partial charge in [0.1, 0.15) is 36.2 Å². The molecular weight excluding hydrogens is 930 g/mol. The van der Waals surface area contributed by atoms with Gasteiger partial charge in [0.15, 0.2) is 0 Å². The Kier molecular flexibility index (Phi) is 23.8. The van der Waals surface area contributed by atoms with Crippen LogP contribution in [0.2, 0.25) is 0 Å². The highest BCUT2D eigenvalue weighted by atomic mass is 19.1. The second-order valence-electron chi connectivity index (χ2n) is 18.7. The fourth-order valence-corrected chi connectivity index (χ4v) is 8.26. The average molecular weight is 1000 g/mol. The lowest BCUT2D eigenvalue weighted by molar-refractivity contribution is -0.137. The van der Waals surface area contributed by atoms with Gasteiger partial charge in [-0.25, -0.2) is 4.39 Å². The van der Waals surface area contributed by atoms with E-state index < -0.39 is 5.97 Å². The number of aromatic nitrogens is 3. The Balaban J connectivity index is 1.04. The number of carbonyl (C=O) groups is 4. The van der Waals surface area contributed by atoms with Gasteiger partial charge >= 0.3 is 5.97 Å². The van der Waals surface area contributed by atoms with Gasteiger partial charge in [-0.2, -0.15) is 0 Å². The first-order valence-electron chi connectivity index (χ1n) is 24.7. The normalized spacial score (nSPS) is 12.9. The van der Waals surface area contributed by atoms with Gasteiger partial charge in [0.25, 0.3) is 0 Å². The molecule has 1 aliphatic carbocycles. The molecule has 1 atom stereocenters. The van der Waals surface area contributed by atoms with E-state index in [2.05, 4.69) is 46.2 Å². The van der Waals surface area contributed by atoms with Gasteiger partial charge in [-0.3, -0.25) is 23.9 Å². The molecule has 0 radical (unpaired) electrons. The lowest BCUT2D eigenvalue weighted by Crippen LogP contribution is -2.40. The maximum Gasteiger partial charge on any atom is 0.303 e. The number of methoxy groups -OCH3 is 1. The van der Waals surface area contributed by atoms with E-state index in [0.717, 1.165) is 35.1 Å². The minimum Gasteiger partial charge on any atom is -0.497 e. The van der Waals surface area contributed by atoms with Crippen LogP contribution in [0.5, 0.6) is 11.5 Å². The van der Waals surface area contributed by atoms with Crippen molar-refractivity contribution in [3.05, 3.63) is 95.1 Å². The Hall–Kier alpha value is -6.03. The van der Waals surface area contributed by atoms with Crippen LogP contribution in [0.1, 0.15) is 74.3 Å². The summed E-state index contributed by atoms with van der Waals surface area (Å²) in [7, 11) is 1.55. The zero-order valence-corrected chi connectivity index (χ0v) is 42.0. The van der Waals surface area contributed by atoms with Crippen LogP contribution in [-0.4, -0.2) is 141 Å². The standard InChI is InChI=1S/C52H74FN9O10/c1-52(2,31-40-27-37(7-11-44(40)46-29-42(68-3)10-12-47(46)53)33-72-43-6-4-5-39(28-43)45(30-51(66)67)38-8-9-38)36-62-32-41(59-60-62)34-70-25-23-69-24-26-71-35-50(65)58-19-22-61(20-13-48(63)56-17-15-54)21-14-49(64)57-18-16-55/h4-7,10-12,27-29,32,38,45H,8-9,13-26,30-31,33-36,54-55H2,1-3H3,(H,56,63)(H,57,64)(H,58,65)(H,66,67)/t45-/m0/s1. The smallest absolute Gasteiger partial charge is 0.303 e. The molecule has 0 spiro atoms. The van der Waals surface area contributed by atoms with Gasteiger partial charge in [0.2, 0.25) is 17.7 Å². The Labute approximate surface area is 421 Å². The maximum atomic E-state index is 15.5. The topological polar surface area (TPSA) is 257 Å². The van der Waals surface area contributed by atoms with Crippen molar-refractivity contribution in [3.63, 3.8) is 0 Å². The lowest BCUT2D eigenvalue weighted by Gasteiger charge is -2.26. The molecule has 8 N–H and O–H groups in total. The predicted octanol–water partition coefficient (Wildman–Crippen LogP) is 3.81. The Morgan fingerprint density at radius 3 is 2.19 bits per heavy atom. The summed E-state index contributed by atoms with van der Waals surface area (Å²) >= 11 is 0. The second-order valence-corrected chi connectivity index (χ2v) is 18.7. The van der Waals surface area contributed by atoms with Crippen molar-refractivity contribution >= 4 is 23.7 Å². The molecule has 1 fully saturated rings. The molecule has 4 aromatic rings. The molecule has 72 heavy (non-hydrogen) atoms. The monoisotopic (exact) mass is 1000 g/mol. The molecule has 3 aromatic carbocycles. The van der Waals surface area contributed by atoms with E-state index in [1.54, 1.807) is 23.9 Å². The maximum absolute atomic E-state index is 15.5. The third kappa shape index (κ3) is 20.6. The summed E-state index contributed by atoms with van der Waals surface area (Å²) < 4.78 is 45.9. The van der Waals surface area contributed by atoms with Crippen LogP contribution >= 0.6 is 0 Å². The van der Waals surface area contributed by atoms with Gasteiger partial charge in [0.05, 0.1) is 52.8 Å². The number of rotatable bonds is 36. The number of hydrogen-bond acceptors (Lipinski definition) is 14. The van der Waals surface area contributed by atoms with E-state index in [1.807, 2.05) is 47.5 Å². The zero-order chi connectivity index (χ0) is 51.7. The van der Waals surface area contributed by atoms with E-state index >= 15 is 4.39 Å². The fourth-order valence-electron chi connectivity index (χ4n) is 8.26. The Morgan fingerprint density at radius 1 is 0.819 bits per heavy atom. The van der Waals surface area contributed by atoms with Crippen molar-refractivity contribution in [2.45, 2.75) is 78.0 Å². The Bertz CT molecular complexity index is 2300. The van der Waals surface area contributed by atoms with E-state index in [-0.39, 0.29) is 87.2 Å². The first kappa shape index (κ1) is 56.9. The van der Waals surface area contributed by atoms with Gasteiger partial charge < -0.3 is 61.1 Å². The zero-order valence-electron chi connectivity index (χ0n) is 42.0. The van der Waals surface area contributed by atoms with Gasteiger partial charge in [-0.1, -0.05) is 49.4 Å². The van der Waals surface area contributed by atoms with Crippen molar-refractivity contribution < 1.29 is 52.4 Å². The minimum atomic E-state index is -0.806. The highest BCUT2D eigenvalue weighted by Gasteiger charge is 2.34. The molecular formula is C52H74FN9O10. The van der Waals surface area contributed by atoms with Crippen LogP contribution in [0.4, 0.5) is 4.39 Å². The van der Waals surface area contributed by atoms with Crippen LogP contribution in [0.15, 0.2) is 66.9 Å². The van der Waals surface area contributed by atoms with Crippen LogP contribution in [0.3, 0.4) is 0 Å². The summed E-state index contributed by atoms with van der Waals surface area (Å²) in [6.45, 7) is 9.25. The number of carbonyl (C=O) groups excluding carboxylic acids is 3. The number of nitrogens with one attached hydrogen (secondary N) is 3. The number of nitrogens with two attached hydrogens (primary N) is 2. The van der Waals surface area contributed by atoms with Gasteiger partial charge in [0, 0.05) is 77.3 Å². The first-order valence-corrected chi connectivity index (χ1v) is 24.7. The van der Waals surface area contributed by atoms with Crippen molar-refractivity contribution in [1.82, 2.24) is 35.8 Å². The molecule has 0 bridgehead atoms. The number of aliphatic carboxylic acids is 1. The van der Waals surface area contributed by atoms with E-state index in [4.69, 9.17) is 35.2 Å². The molecule has 0 aliphatic heterocycles. The molecule has 1 heterocycles. The van der Waals surface area contributed by atoms with Crippen LogP contribution < -0.4 is 36.9 Å². The number of amides is 3. The number of carboxylic acids is 1. The summed E-state index contributed by atoms with van der Waals surface area (Å²) in [5.74, 6) is -0.186. The van der Waals surface area contributed by atoms with E-state index in [1.165, 1.54) is 6.07 Å². The van der Waals surface area contributed by atoms with Crippen LogP contribution in [0.25, 0.3) is 11.1 Å². The molecule has 1 aliphatic rings. The molecule has 0 saturated heterocycles. The van der Waals surface area contributed by atoms with Crippen molar-refractivity contribution in [2.75, 3.05) is 92.5 Å². The number of carboxylic acid groups (broad SMARTS) is 1. The van der Waals surface area contributed by atoms with Crippen molar-refractivity contribution in [3.8, 4) is 22.6 Å². The van der Waals surface area contributed by atoms with Gasteiger partial charge in [-0.05, 0) is 89.1 Å². The van der Waals surface area contributed by atoms with Crippen LogP contribution in [0, 0.1) is 17.2 Å². The number of hydrogen-bond donors (Lipinski definition) is 6. The van der Waals surface area contributed by atoms with Crippen molar-refractivity contribution in [2.24, 2.45) is 22.8 Å². The highest BCUT2D eigenvalue weighted by Crippen LogP contribution is 2.45. The summed E-state index contributed by atoms with van der Waals surface area (Å²) in [6, 6.07) is 18.3. The summed E-state index contributed by atoms with van der Waals surface area (Å²) in [5, 5.41) is 26.5. The minimum absolute atomic E-state index is 0.0422. The fraction of sp³-hybridized carbons (Fsp3) is 0.538. The number of nitrogens with zero attached hydrogens (tertiary/aromatic N) is 4. The Morgan fingerprint density at radius 2 is 1.51 bits per heavy atom. The highest BCUT2D eigenvalue weighted by molar-refractivity contribution is 5.77. The summed E-state index contributed by atoms with van der Waals surface area (Å²) in [5.41, 5.74) is 15.2. The SMILES string of the molecule is COc1ccc(F)c(-c2ccc(COc3cccc([C@@H](CC(=O)O)C4CC4)c3)cc2CC(C)(C)Cn2cc(COCCOCCOCC(=O)NCCN(CCC(=O)NCCN)CCC(=O)NCCN)nn2)c1.